The molecule has 1 N–H and O–H groups in total. The number of carbonyl (C=O) groups is 1. The summed E-state index contributed by atoms with van der Waals surface area (Å²) in [6.45, 7) is 0.545. The summed E-state index contributed by atoms with van der Waals surface area (Å²) in [4.78, 5) is 16.2. The molecule has 17 heavy (non-hydrogen) atoms. The molecular weight excluding hydrogens is 239 g/mol. The molecule has 3 nitrogen and oxygen atoms in total. The van der Waals surface area contributed by atoms with Crippen LogP contribution in [0.15, 0.2) is 35.8 Å². The molecule has 88 valence electrons. The van der Waals surface area contributed by atoms with Gasteiger partial charge in [0, 0.05) is 29.2 Å². The fourth-order valence-corrected chi connectivity index (χ4v) is 2.11. The monoisotopic (exact) mass is 250 g/mol. The number of thiophene rings is 1. The first kappa shape index (κ1) is 11.7. The molecule has 0 saturated carbocycles. The summed E-state index contributed by atoms with van der Waals surface area (Å²) in [6.07, 6.45) is 2.07. The van der Waals surface area contributed by atoms with E-state index in [2.05, 4.69) is 10.3 Å². The maximum atomic E-state index is 12.8. The predicted octanol–water partition coefficient (Wildman–Crippen LogP) is 2.25. The smallest absolute Gasteiger partial charge is 0.251 e. The fraction of sp³-hybridized carbons (Fsp3) is 0.167. The van der Waals surface area contributed by atoms with Gasteiger partial charge in [-0.1, -0.05) is 6.07 Å². The molecule has 0 fully saturated rings. The molecule has 0 aromatic carbocycles. The van der Waals surface area contributed by atoms with Gasteiger partial charge in [0.25, 0.3) is 5.91 Å². The van der Waals surface area contributed by atoms with E-state index in [-0.39, 0.29) is 5.91 Å². The van der Waals surface area contributed by atoms with Crippen molar-refractivity contribution in [2.75, 3.05) is 6.54 Å². The molecule has 2 rings (SSSR count). The summed E-state index contributed by atoms with van der Waals surface area (Å²) in [5.41, 5.74) is 0.295. The van der Waals surface area contributed by atoms with E-state index in [1.54, 1.807) is 11.3 Å². The molecule has 0 aliphatic carbocycles. The Morgan fingerprint density at radius 1 is 1.47 bits per heavy atom. The normalized spacial score (nSPS) is 10.2. The molecule has 1 amide bonds. The molecule has 5 heteroatoms. The van der Waals surface area contributed by atoms with Crippen LogP contribution in [0.3, 0.4) is 0 Å². The van der Waals surface area contributed by atoms with Crippen LogP contribution in [0, 0.1) is 5.95 Å². The summed E-state index contributed by atoms with van der Waals surface area (Å²) in [5.74, 6) is -0.918. The van der Waals surface area contributed by atoms with Crippen LogP contribution < -0.4 is 5.32 Å². The van der Waals surface area contributed by atoms with E-state index in [1.165, 1.54) is 17.1 Å². The Balaban J connectivity index is 1.85. The minimum atomic E-state index is -0.643. The van der Waals surface area contributed by atoms with Crippen molar-refractivity contribution in [2.45, 2.75) is 6.42 Å². The van der Waals surface area contributed by atoms with Gasteiger partial charge in [0.2, 0.25) is 5.95 Å². The highest BCUT2D eigenvalue weighted by molar-refractivity contribution is 7.09. The zero-order valence-electron chi connectivity index (χ0n) is 9.02. The molecule has 2 heterocycles. The molecule has 0 aliphatic heterocycles. The number of rotatable bonds is 4. The molecule has 0 radical (unpaired) electrons. The Hall–Kier alpha value is -1.75. The molecule has 0 unspecified atom stereocenters. The van der Waals surface area contributed by atoms with Gasteiger partial charge in [-0.25, -0.2) is 4.98 Å². The average molecular weight is 250 g/mol. The third-order valence-electron chi connectivity index (χ3n) is 2.23. The number of hydrogen-bond acceptors (Lipinski definition) is 3. The molecule has 2 aromatic rings. The first-order valence-corrected chi connectivity index (χ1v) is 6.06. The molecule has 0 saturated heterocycles. The van der Waals surface area contributed by atoms with Gasteiger partial charge in [0.05, 0.1) is 0 Å². The van der Waals surface area contributed by atoms with Crippen molar-refractivity contribution in [2.24, 2.45) is 0 Å². The second kappa shape index (κ2) is 5.54. The fourth-order valence-electron chi connectivity index (χ4n) is 1.40. The molecule has 0 atom stereocenters. The second-order valence-corrected chi connectivity index (χ2v) is 4.48. The highest BCUT2D eigenvalue weighted by atomic mass is 32.1. The first-order valence-electron chi connectivity index (χ1n) is 5.18. The van der Waals surface area contributed by atoms with Gasteiger partial charge < -0.3 is 5.32 Å². The van der Waals surface area contributed by atoms with Crippen molar-refractivity contribution in [1.82, 2.24) is 10.3 Å². The average Bonchev–Trinajstić information content (AvgIpc) is 2.82. The van der Waals surface area contributed by atoms with Gasteiger partial charge in [0.15, 0.2) is 0 Å². The minimum absolute atomic E-state index is 0.275. The van der Waals surface area contributed by atoms with Gasteiger partial charge in [0.1, 0.15) is 0 Å². The van der Waals surface area contributed by atoms with E-state index in [4.69, 9.17) is 0 Å². The van der Waals surface area contributed by atoms with Gasteiger partial charge in [-0.15, -0.1) is 11.3 Å². The largest absolute Gasteiger partial charge is 0.352 e. The number of pyridine rings is 1. The van der Waals surface area contributed by atoms with Gasteiger partial charge in [-0.3, -0.25) is 4.79 Å². The Morgan fingerprint density at radius 2 is 2.35 bits per heavy atom. The summed E-state index contributed by atoms with van der Waals surface area (Å²) in [6, 6.07) is 6.60. The molecule has 2 aromatic heterocycles. The van der Waals surface area contributed by atoms with Crippen LogP contribution in [0.1, 0.15) is 15.2 Å². The van der Waals surface area contributed by atoms with Gasteiger partial charge in [-0.05, 0) is 23.9 Å². The van der Waals surface area contributed by atoms with Crippen molar-refractivity contribution >= 4 is 17.2 Å². The van der Waals surface area contributed by atoms with Crippen LogP contribution in [0.2, 0.25) is 0 Å². The quantitative estimate of drug-likeness (QED) is 0.846. The van der Waals surface area contributed by atoms with E-state index in [0.717, 1.165) is 12.5 Å². The molecule has 0 aliphatic rings. The van der Waals surface area contributed by atoms with E-state index < -0.39 is 5.95 Å². The Bertz CT molecular complexity index is 499. The lowest BCUT2D eigenvalue weighted by atomic mass is 10.2. The zero-order valence-corrected chi connectivity index (χ0v) is 9.84. The van der Waals surface area contributed by atoms with Crippen molar-refractivity contribution < 1.29 is 9.18 Å². The number of aromatic nitrogens is 1. The minimum Gasteiger partial charge on any atom is -0.352 e. The first-order chi connectivity index (χ1) is 8.25. The SMILES string of the molecule is O=C(NCCc1cccs1)c1ccnc(F)c1. The van der Waals surface area contributed by atoms with Crippen LogP contribution in [-0.2, 0) is 6.42 Å². The zero-order chi connectivity index (χ0) is 12.1. The van der Waals surface area contributed by atoms with E-state index >= 15 is 0 Å². The molecule has 0 spiro atoms. The molecular formula is C12H11FN2OS. The van der Waals surface area contributed by atoms with Crippen LogP contribution in [0.4, 0.5) is 4.39 Å². The standard InChI is InChI=1S/C12H11FN2OS/c13-11-8-9(3-5-14-11)12(16)15-6-4-10-2-1-7-17-10/h1-3,5,7-8H,4,6H2,(H,15,16). The third-order valence-corrected chi connectivity index (χ3v) is 3.16. The topological polar surface area (TPSA) is 42.0 Å². The summed E-state index contributed by atoms with van der Waals surface area (Å²) in [7, 11) is 0. The van der Waals surface area contributed by atoms with Crippen LogP contribution in [0.25, 0.3) is 0 Å². The summed E-state index contributed by atoms with van der Waals surface area (Å²) >= 11 is 1.65. The lowest BCUT2D eigenvalue weighted by Crippen LogP contribution is -2.25. The van der Waals surface area contributed by atoms with E-state index in [1.807, 2.05) is 17.5 Å². The van der Waals surface area contributed by atoms with Crippen LogP contribution in [-0.4, -0.2) is 17.4 Å². The second-order valence-electron chi connectivity index (χ2n) is 3.45. The maximum absolute atomic E-state index is 12.8. The maximum Gasteiger partial charge on any atom is 0.251 e. The van der Waals surface area contributed by atoms with E-state index in [9.17, 15) is 9.18 Å². The summed E-state index contributed by atoms with van der Waals surface area (Å²) < 4.78 is 12.8. The lowest BCUT2D eigenvalue weighted by Gasteiger charge is -2.03. The van der Waals surface area contributed by atoms with Gasteiger partial charge in [-0.2, -0.15) is 4.39 Å². The number of amides is 1. The van der Waals surface area contributed by atoms with Crippen molar-refractivity contribution in [3.63, 3.8) is 0 Å². The Morgan fingerprint density at radius 3 is 3.06 bits per heavy atom. The number of hydrogen-bond donors (Lipinski definition) is 1. The van der Waals surface area contributed by atoms with Crippen molar-refractivity contribution in [3.05, 3.63) is 52.2 Å². The Labute approximate surface area is 102 Å². The van der Waals surface area contributed by atoms with E-state index in [0.29, 0.717) is 12.1 Å². The highest BCUT2D eigenvalue weighted by Crippen LogP contribution is 2.08. The predicted molar refractivity (Wildman–Crippen MR) is 64.6 cm³/mol. The number of nitrogens with zero attached hydrogens (tertiary/aromatic N) is 1. The number of carbonyl (C=O) groups excluding carboxylic acids is 1. The van der Waals surface area contributed by atoms with Gasteiger partial charge >= 0.3 is 0 Å². The van der Waals surface area contributed by atoms with Crippen molar-refractivity contribution in [3.8, 4) is 0 Å². The number of nitrogens with one attached hydrogen (secondary N) is 1. The molecule has 0 bridgehead atoms. The van der Waals surface area contributed by atoms with Crippen LogP contribution in [0.5, 0.6) is 0 Å². The van der Waals surface area contributed by atoms with Crippen molar-refractivity contribution in [1.29, 1.82) is 0 Å². The Kier molecular flexibility index (Phi) is 3.82. The highest BCUT2D eigenvalue weighted by Gasteiger charge is 2.06. The number of halogens is 1. The third kappa shape index (κ3) is 3.35. The summed E-state index contributed by atoms with van der Waals surface area (Å²) in [5, 5.41) is 4.73. The lowest BCUT2D eigenvalue weighted by molar-refractivity contribution is 0.0953. The van der Waals surface area contributed by atoms with Crippen LogP contribution >= 0.6 is 11.3 Å².